The van der Waals surface area contributed by atoms with Gasteiger partial charge in [-0.25, -0.2) is 0 Å². The van der Waals surface area contributed by atoms with Gasteiger partial charge in [0.2, 0.25) is 0 Å². The van der Waals surface area contributed by atoms with Crippen molar-refractivity contribution in [1.82, 2.24) is 5.32 Å². The number of halogens is 2. The molecule has 21 heavy (non-hydrogen) atoms. The van der Waals surface area contributed by atoms with Crippen molar-refractivity contribution in [3.05, 3.63) is 54.1 Å². The van der Waals surface area contributed by atoms with Crippen LogP contribution in [0.5, 0.6) is 0 Å². The van der Waals surface area contributed by atoms with Crippen molar-refractivity contribution >= 4 is 43.2 Å². The Morgan fingerprint density at radius 3 is 2.57 bits per heavy atom. The van der Waals surface area contributed by atoms with Crippen LogP contribution in [0, 0.1) is 0 Å². The monoisotopic (exact) mass is 427 g/mol. The van der Waals surface area contributed by atoms with E-state index in [2.05, 4.69) is 68.4 Å². The first kappa shape index (κ1) is 15.7. The van der Waals surface area contributed by atoms with Crippen molar-refractivity contribution in [2.24, 2.45) is 0 Å². The molecule has 1 N–H and O–H groups in total. The molecule has 2 aromatic rings. The van der Waals surface area contributed by atoms with Gasteiger partial charge < -0.3 is 5.32 Å². The molecule has 4 heteroatoms. The molecular weight excluding hydrogens is 410 g/mol. The van der Waals surface area contributed by atoms with Gasteiger partial charge in [0, 0.05) is 0 Å². The van der Waals surface area contributed by atoms with Crippen LogP contribution in [0.1, 0.15) is 48.1 Å². The zero-order valence-electron chi connectivity index (χ0n) is 12.1. The molecule has 1 nitrogen and oxygen atoms in total. The van der Waals surface area contributed by atoms with Crippen LogP contribution in [0.3, 0.4) is 0 Å². The van der Waals surface area contributed by atoms with Crippen LogP contribution in [0.2, 0.25) is 0 Å². The summed E-state index contributed by atoms with van der Waals surface area (Å²) in [5.74, 6) is 0. The van der Waals surface area contributed by atoms with Gasteiger partial charge in [-0.3, -0.25) is 0 Å². The Morgan fingerprint density at radius 1 is 1.14 bits per heavy atom. The minimum absolute atomic E-state index is 0.263. The fraction of sp³-hybridized carbons (Fsp3) is 0.412. The lowest BCUT2D eigenvalue weighted by Crippen LogP contribution is -2.22. The highest BCUT2D eigenvalue weighted by molar-refractivity contribution is 9.12. The van der Waals surface area contributed by atoms with Gasteiger partial charge in [0.05, 0.1) is 13.6 Å². The van der Waals surface area contributed by atoms with E-state index < -0.39 is 0 Å². The second kappa shape index (κ2) is 6.95. The highest BCUT2D eigenvalue weighted by atomic mass is 79.9. The van der Waals surface area contributed by atoms with Crippen LogP contribution in [0.25, 0.3) is 0 Å². The highest BCUT2D eigenvalue weighted by Gasteiger charge is 2.20. The maximum Gasteiger partial charge on any atom is 0.0761 e. The molecule has 0 fully saturated rings. The number of thiophene rings is 1. The number of nitrogens with one attached hydrogen (secondary N) is 1. The Labute approximate surface area is 147 Å². The van der Waals surface area contributed by atoms with Gasteiger partial charge in [0.15, 0.2) is 0 Å². The summed E-state index contributed by atoms with van der Waals surface area (Å²) in [5, 5.41) is 3.63. The summed E-state index contributed by atoms with van der Waals surface area (Å²) >= 11 is 9.04. The second-order valence-corrected chi connectivity index (χ2v) is 9.25. The minimum Gasteiger partial charge on any atom is -0.306 e. The molecule has 0 saturated carbocycles. The molecule has 0 aliphatic heterocycles. The number of hydrogen-bond acceptors (Lipinski definition) is 2. The number of hydrogen-bond donors (Lipinski definition) is 1. The summed E-state index contributed by atoms with van der Waals surface area (Å²) in [7, 11) is 0. The molecule has 1 heterocycles. The first-order valence-electron chi connectivity index (χ1n) is 7.49. The van der Waals surface area contributed by atoms with E-state index >= 15 is 0 Å². The fourth-order valence-electron chi connectivity index (χ4n) is 3.09. The van der Waals surface area contributed by atoms with Crippen molar-refractivity contribution in [2.45, 2.75) is 38.6 Å². The summed E-state index contributed by atoms with van der Waals surface area (Å²) in [4.78, 5) is 0. The van der Waals surface area contributed by atoms with Crippen LogP contribution in [0.4, 0.5) is 0 Å². The molecule has 0 radical (unpaired) electrons. The van der Waals surface area contributed by atoms with Crippen molar-refractivity contribution in [1.29, 1.82) is 0 Å². The molecule has 0 bridgehead atoms. The van der Waals surface area contributed by atoms with E-state index in [1.54, 1.807) is 22.5 Å². The molecule has 0 amide bonds. The van der Waals surface area contributed by atoms with E-state index in [1.807, 2.05) is 0 Å². The average molecular weight is 429 g/mol. The summed E-state index contributed by atoms with van der Waals surface area (Å²) in [6.45, 7) is 3.13. The summed E-state index contributed by atoms with van der Waals surface area (Å²) in [6, 6.07) is 9.54. The third-order valence-electron chi connectivity index (χ3n) is 4.11. The Hall–Kier alpha value is -0.160. The lowest BCUT2D eigenvalue weighted by Gasteiger charge is -2.22. The molecule has 1 unspecified atom stereocenters. The molecule has 0 saturated heterocycles. The number of aryl methyl sites for hydroxylation is 2. The first-order valence-corrected chi connectivity index (χ1v) is 9.89. The molecule has 3 rings (SSSR count). The van der Waals surface area contributed by atoms with Crippen molar-refractivity contribution in [3.63, 3.8) is 0 Å². The summed E-state index contributed by atoms with van der Waals surface area (Å²) in [5.41, 5.74) is 5.80. The zero-order valence-corrected chi connectivity index (χ0v) is 16.1. The lowest BCUT2D eigenvalue weighted by atomic mass is 9.88. The quantitative estimate of drug-likeness (QED) is 0.643. The minimum atomic E-state index is 0.263. The topological polar surface area (TPSA) is 12.0 Å². The van der Waals surface area contributed by atoms with Gasteiger partial charge in [-0.15, -0.1) is 11.3 Å². The van der Waals surface area contributed by atoms with Crippen molar-refractivity contribution < 1.29 is 0 Å². The SMILES string of the molecule is CCNC(c1ccc2c(c1)CCCC2)c1cc(Br)sc1Br. The zero-order chi connectivity index (χ0) is 14.8. The van der Waals surface area contributed by atoms with Crippen molar-refractivity contribution in [2.75, 3.05) is 6.54 Å². The van der Waals surface area contributed by atoms with Gasteiger partial charge in [0.25, 0.3) is 0 Å². The van der Waals surface area contributed by atoms with E-state index in [-0.39, 0.29) is 6.04 Å². The standard InChI is InChI=1S/C17H19Br2NS/c1-2-20-16(14-10-15(18)21-17(14)19)13-8-7-11-5-3-4-6-12(11)9-13/h7-10,16,20H,2-6H2,1H3. The van der Waals surface area contributed by atoms with Crippen LogP contribution in [-0.4, -0.2) is 6.54 Å². The van der Waals surface area contributed by atoms with Gasteiger partial charge in [-0.05, 0) is 92.4 Å². The molecule has 1 aromatic heterocycles. The smallest absolute Gasteiger partial charge is 0.0761 e. The van der Waals surface area contributed by atoms with Gasteiger partial charge in [-0.1, -0.05) is 25.1 Å². The van der Waals surface area contributed by atoms with E-state index in [4.69, 9.17) is 0 Å². The Bertz CT molecular complexity index is 636. The Kier molecular flexibility index (Phi) is 5.20. The maximum atomic E-state index is 3.71. The normalized spacial score (nSPS) is 15.8. The molecule has 0 spiro atoms. The van der Waals surface area contributed by atoms with Crippen molar-refractivity contribution in [3.8, 4) is 0 Å². The molecular formula is C17H19Br2NS. The summed E-state index contributed by atoms with van der Waals surface area (Å²) in [6.07, 6.45) is 5.15. The third-order valence-corrected chi connectivity index (χ3v) is 6.49. The van der Waals surface area contributed by atoms with Gasteiger partial charge in [0.1, 0.15) is 0 Å². The molecule has 1 aliphatic carbocycles. The molecule has 1 atom stereocenters. The third kappa shape index (κ3) is 3.44. The molecule has 112 valence electrons. The van der Waals surface area contributed by atoms with Crippen LogP contribution < -0.4 is 5.32 Å². The van der Waals surface area contributed by atoms with Crippen LogP contribution >= 0.6 is 43.2 Å². The van der Waals surface area contributed by atoms with Crippen LogP contribution in [0.15, 0.2) is 31.8 Å². The number of fused-ring (bicyclic) bond motifs is 1. The Balaban J connectivity index is 1.99. The largest absolute Gasteiger partial charge is 0.306 e. The molecule has 1 aliphatic rings. The van der Waals surface area contributed by atoms with E-state index in [1.165, 1.54) is 44.4 Å². The lowest BCUT2D eigenvalue weighted by molar-refractivity contribution is 0.625. The van der Waals surface area contributed by atoms with Gasteiger partial charge >= 0.3 is 0 Å². The van der Waals surface area contributed by atoms with E-state index in [9.17, 15) is 0 Å². The van der Waals surface area contributed by atoms with E-state index in [0.29, 0.717) is 0 Å². The average Bonchev–Trinajstić information content (AvgIpc) is 2.83. The second-order valence-electron chi connectivity index (χ2n) is 5.51. The number of benzene rings is 1. The summed E-state index contributed by atoms with van der Waals surface area (Å²) < 4.78 is 2.38. The highest BCUT2D eigenvalue weighted by Crippen LogP contribution is 2.38. The molecule has 1 aromatic carbocycles. The fourth-order valence-corrected chi connectivity index (χ4v) is 6.00. The van der Waals surface area contributed by atoms with Gasteiger partial charge in [-0.2, -0.15) is 0 Å². The van der Waals surface area contributed by atoms with Crippen LogP contribution in [-0.2, 0) is 12.8 Å². The predicted octanol–water partition coefficient (Wildman–Crippen LogP) is 5.85. The first-order chi connectivity index (χ1) is 10.2. The number of rotatable bonds is 4. The maximum absolute atomic E-state index is 3.71. The predicted molar refractivity (Wildman–Crippen MR) is 98.3 cm³/mol. The Morgan fingerprint density at radius 2 is 1.90 bits per heavy atom. The van der Waals surface area contributed by atoms with E-state index in [0.717, 1.165) is 6.54 Å².